The van der Waals surface area contributed by atoms with Crippen molar-refractivity contribution in [3.8, 4) is 0 Å². The highest BCUT2D eigenvalue weighted by molar-refractivity contribution is 7.99. The highest BCUT2D eigenvalue weighted by atomic mass is 35.5. The van der Waals surface area contributed by atoms with Crippen LogP contribution in [-0.2, 0) is 0 Å². The van der Waals surface area contributed by atoms with Gasteiger partial charge in [-0.2, -0.15) is 0 Å². The molecule has 0 saturated heterocycles. The normalized spacial score (nSPS) is 9.08. The van der Waals surface area contributed by atoms with Crippen molar-refractivity contribution in [1.82, 2.24) is 0 Å². The van der Waals surface area contributed by atoms with Gasteiger partial charge in [0.2, 0.25) is 0 Å². The highest BCUT2D eigenvalue weighted by Gasteiger charge is 1.90. The van der Waals surface area contributed by atoms with Crippen molar-refractivity contribution in [1.29, 1.82) is 0 Å². The summed E-state index contributed by atoms with van der Waals surface area (Å²) < 4.78 is 0. The molecule has 1 nitrogen and oxygen atoms in total. The van der Waals surface area contributed by atoms with Crippen LogP contribution in [0.4, 0.5) is 0 Å². The van der Waals surface area contributed by atoms with E-state index in [1.807, 2.05) is 17.8 Å². The minimum atomic E-state index is 0. The predicted octanol–water partition coefficient (Wildman–Crippen LogP) is -1.59. The molecule has 0 saturated carbocycles. The second-order valence-electron chi connectivity index (χ2n) is 2.37. The van der Waals surface area contributed by atoms with Crippen LogP contribution in [-0.4, -0.2) is 12.3 Å². The van der Waals surface area contributed by atoms with E-state index in [0.29, 0.717) is 0 Å². The summed E-state index contributed by atoms with van der Waals surface area (Å²) in [6.45, 7) is 1.04. The van der Waals surface area contributed by atoms with Gasteiger partial charge in [0.15, 0.2) is 0 Å². The molecule has 12 heavy (non-hydrogen) atoms. The molecule has 0 aromatic heterocycles. The smallest absolute Gasteiger partial charge is 0.0747 e. The zero-order chi connectivity index (χ0) is 7.94. The molecule has 0 spiro atoms. The minimum Gasteiger partial charge on any atom is -1.00 e. The van der Waals surface area contributed by atoms with Gasteiger partial charge < -0.3 is 18.1 Å². The molecular formula is C9H14ClNS. The van der Waals surface area contributed by atoms with Gasteiger partial charge in [-0.15, -0.1) is 11.8 Å². The van der Waals surface area contributed by atoms with Crippen LogP contribution in [0.5, 0.6) is 0 Å². The van der Waals surface area contributed by atoms with Crippen molar-refractivity contribution >= 4 is 11.8 Å². The first-order valence-corrected chi connectivity index (χ1v) is 4.89. The number of quaternary nitrogens is 1. The second-order valence-corrected chi connectivity index (χ2v) is 3.54. The molecule has 3 heteroatoms. The van der Waals surface area contributed by atoms with Crippen molar-refractivity contribution in [2.45, 2.75) is 11.3 Å². The summed E-state index contributed by atoms with van der Waals surface area (Å²) in [6, 6.07) is 10.5. The van der Waals surface area contributed by atoms with Gasteiger partial charge in [0.25, 0.3) is 0 Å². The van der Waals surface area contributed by atoms with Gasteiger partial charge in [-0.1, -0.05) is 18.2 Å². The lowest BCUT2D eigenvalue weighted by atomic mass is 10.4. The maximum atomic E-state index is 3.80. The second kappa shape index (κ2) is 7.47. The SMILES string of the molecule is [Cl-].[NH3+]CCCSc1ccccc1. The van der Waals surface area contributed by atoms with Crippen LogP contribution in [0, 0.1) is 0 Å². The average Bonchev–Trinajstić information content (AvgIpc) is 2.07. The average molecular weight is 204 g/mol. The van der Waals surface area contributed by atoms with Crippen LogP contribution in [0.15, 0.2) is 35.2 Å². The lowest BCUT2D eigenvalue weighted by Gasteiger charge is -1.97. The van der Waals surface area contributed by atoms with Crippen molar-refractivity contribution in [3.05, 3.63) is 30.3 Å². The van der Waals surface area contributed by atoms with E-state index in [2.05, 4.69) is 30.0 Å². The third kappa shape index (κ3) is 4.65. The van der Waals surface area contributed by atoms with Gasteiger partial charge in [-0.05, 0) is 12.1 Å². The number of rotatable bonds is 4. The first-order chi connectivity index (χ1) is 5.43. The molecule has 1 rings (SSSR count). The van der Waals surface area contributed by atoms with Crippen molar-refractivity contribution in [2.75, 3.05) is 12.3 Å². The fraction of sp³-hybridized carbons (Fsp3) is 0.333. The molecule has 68 valence electrons. The van der Waals surface area contributed by atoms with E-state index < -0.39 is 0 Å². The van der Waals surface area contributed by atoms with Crippen LogP contribution in [0.2, 0.25) is 0 Å². The Kier molecular flexibility index (Phi) is 7.36. The van der Waals surface area contributed by atoms with Gasteiger partial charge in [0.05, 0.1) is 6.54 Å². The topological polar surface area (TPSA) is 27.6 Å². The Hall–Kier alpha value is -0.180. The van der Waals surface area contributed by atoms with Crippen molar-refractivity contribution < 1.29 is 18.1 Å². The molecule has 0 amide bonds. The number of hydrogen-bond donors (Lipinski definition) is 1. The molecule has 0 fully saturated rings. The minimum absolute atomic E-state index is 0. The maximum Gasteiger partial charge on any atom is 0.0747 e. The van der Waals surface area contributed by atoms with Gasteiger partial charge >= 0.3 is 0 Å². The molecule has 0 atom stereocenters. The molecule has 3 N–H and O–H groups in total. The quantitative estimate of drug-likeness (QED) is 0.464. The summed E-state index contributed by atoms with van der Waals surface area (Å²) >= 11 is 1.90. The van der Waals surface area contributed by atoms with Crippen LogP contribution in [0.3, 0.4) is 0 Å². The van der Waals surface area contributed by atoms with Gasteiger partial charge in [0.1, 0.15) is 0 Å². The van der Waals surface area contributed by atoms with E-state index in [-0.39, 0.29) is 12.4 Å². The summed E-state index contributed by atoms with van der Waals surface area (Å²) in [4.78, 5) is 1.36. The maximum absolute atomic E-state index is 3.80. The largest absolute Gasteiger partial charge is 1.00 e. The summed E-state index contributed by atoms with van der Waals surface area (Å²) in [5.41, 5.74) is 3.80. The third-order valence-corrected chi connectivity index (χ3v) is 2.50. The van der Waals surface area contributed by atoms with Crippen LogP contribution >= 0.6 is 11.8 Å². The zero-order valence-electron chi connectivity index (χ0n) is 7.00. The zero-order valence-corrected chi connectivity index (χ0v) is 8.57. The van der Waals surface area contributed by atoms with Gasteiger partial charge in [-0.3, -0.25) is 0 Å². The predicted molar refractivity (Wildman–Crippen MR) is 49.5 cm³/mol. The Balaban J connectivity index is 0.00000121. The third-order valence-electron chi connectivity index (χ3n) is 1.41. The summed E-state index contributed by atoms with van der Waals surface area (Å²) in [7, 11) is 0. The summed E-state index contributed by atoms with van der Waals surface area (Å²) in [5, 5.41) is 0. The number of benzene rings is 1. The van der Waals surface area contributed by atoms with Gasteiger partial charge in [-0.25, -0.2) is 0 Å². The highest BCUT2D eigenvalue weighted by Crippen LogP contribution is 2.16. The molecule has 1 aromatic carbocycles. The monoisotopic (exact) mass is 203 g/mol. The van der Waals surface area contributed by atoms with E-state index in [9.17, 15) is 0 Å². The van der Waals surface area contributed by atoms with Crippen LogP contribution < -0.4 is 18.1 Å². The molecule has 0 unspecified atom stereocenters. The first-order valence-electron chi connectivity index (χ1n) is 3.90. The van der Waals surface area contributed by atoms with E-state index in [1.54, 1.807) is 0 Å². The van der Waals surface area contributed by atoms with E-state index in [1.165, 1.54) is 17.1 Å². The Morgan fingerprint density at radius 3 is 2.42 bits per heavy atom. The molecule has 0 aliphatic rings. The molecule has 1 aromatic rings. The Morgan fingerprint density at radius 1 is 1.17 bits per heavy atom. The van der Waals surface area contributed by atoms with Gasteiger partial charge in [0, 0.05) is 17.1 Å². The number of thioether (sulfide) groups is 1. The Morgan fingerprint density at radius 2 is 1.83 bits per heavy atom. The molecule has 0 heterocycles. The lowest BCUT2D eigenvalue weighted by molar-refractivity contribution is -0.367. The van der Waals surface area contributed by atoms with Crippen molar-refractivity contribution in [2.24, 2.45) is 0 Å². The molecule has 0 aliphatic carbocycles. The summed E-state index contributed by atoms with van der Waals surface area (Å²) in [6.07, 6.45) is 1.21. The van der Waals surface area contributed by atoms with E-state index in [4.69, 9.17) is 0 Å². The number of halogens is 1. The Bertz CT molecular complexity index is 191. The Labute approximate surface area is 84.1 Å². The standard InChI is InChI=1S/C9H13NS.ClH/c10-7-4-8-11-9-5-2-1-3-6-9;/h1-3,5-6H,4,7-8,10H2;1H. The van der Waals surface area contributed by atoms with Crippen molar-refractivity contribution in [3.63, 3.8) is 0 Å². The van der Waals surface area contributed by atoms with E-state index in [0.717, 1.165) is 6.54 Å². The fourth-order valence-corrected chi connectivity index (χ4v) is 1.74. The molecule has 0 radical (unpaired) electrons. The lowest BCUT2D eigenvalue weighted by Crippen LogP contribution is -3.00. The first kappa shape index (κ1) is 11.8. The van der Waals surface area contributed by atoms with E-state index >= 15 is 0 Å². The molecule has 0 aliphatic heterocycles. The summed E-state index contributed by atoms with van der Waals surface area (Å²) in [5.74, 6) is 1.19. The molecular weight excluding hydrogens is 190 g/mol. The fourth-order valence-electron chi connectivity index (χ4n) is 0.809. The van der Waals surface area contributed by atoms with Crippen LogP contribution in [0.25, 0.3) is 0 Å². The van der Waals surface area contributed by atoms with Crippen LogP contribution in [0.1, 0.15) is 6.42 Å². The number of hydrogen-bond acceptors (Lipinski definition) is 1. The molecule has 0 bridgehead atoms.